The number of aldehydes is 1. The number of benzene rings is 1. The van der Waals surface area contributed by atoms with Crippen molar-refractivity contribution < 1.29 is 17.6 Å². The van der Waals surface area contributed by atoms with Gasteiger partial charge in [0.1, 0.15) is 11.6 Å². The van der Waals surface area contributed by atoms with Crippen LogP contribution in [0.4, 0.5) is 10.2 Å². The maximum atomic E-state index is 13.2. The van der Waals surface area contributed by atoms with Gasteiger partial charge in [-0.1, -0.05) is 26.0 Å². The lowest BCUT2D eigenvalue weighted by Gasteiger charge is -2.16. The Labute approximate surface area is 141 Å². The lowest BCUT2D eigenvalue weighted by molar-refractivity contribution is 0.112. The van der Waals surface area contributed by atoms with Crippen molar-refractivity contribution in [2.75, 3.05) is 10.5 Å². The number of pyridine rings is 1. The predicted molar refractivity (Wildman–Crippen MR) is 92.2 cm³/mol. The van der Waals surface area contributed by atoms with Crippen LogP contribution < -0.4 is 4.72 Å². The molecular weight excluding hydrogens is 331 g/mol. The van der Waals surface area contributed by atoms with Gasteiger partial charge in [-0.25, -0.2) is 17.8 Å². The summed E-state index contributed by atoms with van der Waals surface area (Å²) in [6.07, 6.45) is 0.694. The number of hydrogen-bond acceptors (Lipinski definition) is 4. The molecule has 0 atom stereocenters. The molecule has 5 nitrogen and oxygen atoms in total. The van der Waals surface area contributed by atoms with Gasteiger partial charge in [0.05, 0.1) is 11.4 Å². The number of anilines is 1. The highest BCUT2D eigenvalue weighted by molar-refractivity contribution is 7.92. The van der Waals surface area contributed by atoms with E-state index in [2.05, 4.69) is 9.71 Å². The molecule has 0 unspecified atom stereocenters. The van der Waals surface area contributed by atoms with E-state index in [1.165, 1.54) is 25.1 Å². The molecule has 1 N–H and O–H groups in total. The van der Waals surface area contributed by atoms with E-state index < -0.39 is 15.8 Å². The molecule has 0 fully saturated rings. The molecule has 0 aliphatic rings. The number of nitrogens with zero attached hydrogens (tertiary/aromatic N) is 1. The number of carbonyl (C=O) groups is 1. The quantitative estimate of drug-likeness (QED) is 0.808. The van der Waals surface area contributed by atoms with E-state index in [0.717, 1.165) is 0 Å². The Kier molecular flexibility index (Phi) is 5.33. The summed E-state index contributed by atoms with van der Waals surface area (Å²) in [7, 11) is -3.50. The first kappa shape index (κ1) is 18.1. The molecule has 0 aliphatic heterocycles. The van der Waals surface area contributed by atoms with Gasteiger partial charge < -0.3 is 0 Å². The molecule has 24 heavy (non-hydrogen) atoms. The van der Waals surface area contributed by atoms with Crippen LogP contribution in [0.3, 0.4) is 0 Å². The minimum absolute atomic E-state index is 0.0875. The zero-order chi connectivity index (χ0) is 17.9. The summed E-state index contributed by atoms with van der Waals surface area (Å²) in [5.41, 5.74) is 1.98. The van der Waals surface area contributed by atoms with E-state index in [9.17, 15) is 17.6 Å². The summed E-state index contributed by atoms with van der Waals surface area (Å²) in [6, 6.07) is 7.15. The molecule has 0 bridgehead atoms. The molecule has 7 heteroatoms. The van der Waals surface area contributed by atoms with Crippen molar-refractivity contribution in [2.45, 2.75) is 26.7 Å². The van der Waals surface area contributed by atoms with Gasteiger partial charge >= 0.3 is 0 Å². The minimum Gasteiger partial charge on any atom is -0.298 e. The normalized spacial score (nSPS) is 11.5. The third-order valence-corrected chi connectivity index (χ3v) is 4.83. The number of rotatable bonds is 6. The maximum absolute atomic E-state index is 13.2. The highest BCUT2D eigenvalue weighted by Crippen LogP contribution is 2.31. The molecule has 2 aromatic rings. The summed E-state index contributed by atoms with van der Waals surface area (Å²) in [5.74, 6) is -0.426. The third kappa shape index (κ3) is 3.97. The number of carbonyl (C=O) groups excluding carboxylic acids is 1. The molecule has 0 amide bonds. The van der Waals surface area contributed by atoms with Crippen LogP contribution in [-0.2, 0) is 10.0 Å². The number of aromatic nitrogens is 1. The van der Waals surface area contributed by atoms with Crippen LogP contribution in [-0.4, -0.2) is 25.4 Å². The second-order valence-corrected chi connectivity index (χ2v) is 7.65. The second kappa shape index (κ2) is 7.09. The van der Waals surface area contributed by atoms with Crippen molar-refractivity contribution >= 4 is 22.1 Å². The molecule has 0 radical (unpaired) electrons. The average molecular weight is 350 g/mol. The number of halogens is 1. The van der Waals surface area contributed by atoms with Crippen LogP contribution in [0.2, 0.25) is 0 Å². The zero-order valence-electron chi connectivity index (χ0n) is 13.7. The van der Waals surface area contributed by atoms with Crippen LogP contribution in [0.25, 0.3) is 11.1 Å². The van der Waals surface area contributed by atoms with Gasteiger partial charge in [-0.3, -0.25) is 9.52 Å². The standard InChI is InChI=1S/C17H19FN2O3S/c1-4-24(22,23)20-16-9-14(12-5-7-13(18)8-6-12)15(10-21)17(19-16)11(2)3/h5-11H,4H2,1-3H3,(H,19,20). The van der Waals surface area contributed by atoms with Crippen molar-refractivity contribution in [2.24, 2.45) is 0 Å². The Bertz CT molecular complexity index is 847. The Morgan fingerprint density at radius 1 is 1.25 bits per heavy atom. The first-order valence-corrected chi connectivity index (χ1v) is 9.19. The highest BCUT2D eigenvalue weighted by atomic mass is 32.2. The van der Waals surface area contributed by atoms with Gasteiger partial charge in [0.15, 0.2) is 6.29 Å². The smallest absolute Gasteiger partial charge is 0.233 e. The molecule has 128 valence electrons. The predicted octanol–water partition coefficient (Wildman–Crippen LogP) is 3.59. The van der Waals surface area contributed by atoms with Gasteiger partial charge in [-0.05, 0) is 42.2 Å². The lowest BCUT2D eigenvalue weighted by Crippen LogP contribution is -2.17. The topological polar surface area (TPSA) is 76.1 Å². The minimum atomic E-state index is -3.50. The van der Waals surface area contributed by atoms with Crippen molar-refractivity contribution in [1.82, 2.24) is 4.98 Å². The highest BCUT2D eigenvalue weighted by Gasteiger charge is 2.18. The second-order valence-electron chi connectivity index (χ2n) is 5.64. The van der Waals surface area contributed by atoms with Crippen LogP contribution in [0, 0.1) is 5.82 Å². The Morgan fingerprint density at radius 2 is 1.88 bits per heavy atom. The Morgan fingerprint density at radius 3 is 2.38 bits per heavy atom. The first-order valence-electron chi connectivity index (χ1n) is 7.54. The lowest BCUT2D eigenvalue weighted by atomic mass is 9.95. The third-order valence-electron chi connectivity index (χ3n) is 3.55. The molecule has 1 aromatic heterocycles. The SMILES string of the molecule is CCS(=O)(=O)Nc1cc(-c2ccc(F)cc2)c(C=O)c(C(C)C)n1. The van der Waals surface area contributed by atoms with Crippen molar-refractivity contribution in [3.63, 3.8) is 0 Å². The van der Waals surface area contributed by atoms with Crippen LogP contribution in [0.1, 0.15) is 42.7 Å². The number of hydrogen-bond donors (Lipinski definition) is 1. The van der Waals surface area contributed by atoms with Gasteiger partial charge in [0.25, 0.3) is 0 Å². The summed E-state index contributed by atoms with van der Waals surface area (Å²) >= 11 is 0. The van der Waals surface area contributed by atoms with Crippen LogP contribution in [0.5, 0.6) is 0 Å². The average Bonchev–Trinajstić information content (AvgIpc) is 2.54. The van der Waals surface area contributed by atoms with E-state index in [0.29, 0.717) is 28.7 Å². The molecule has 0 aliphatic carbocycles. The fourth-order valence-electron chi connectivity index (χ4n) is 2.29. The molecule has 1 heterocycles. The largest absolute Gasteiger partial charge is 0.298 e. The van der Waals surface area contributed by atoms with E-state index >= 15 is 0 Å². The number of nitrogens with one attached hydrogen (secondary N) is 1. The summed E-state index contributed by atoms with van der Waals surface area (Å²) in [6.45, 7) is 5.25. The van der Waals surface area contributed by atoms with Gasteiger partial charge in [0, 0.05) is 5.56 Å². The van der Waals surface area contributed by atoms with Gasteiger partial charge in [0.2, 0.25) is 10.0 Å². The summed E-state index contributed by atoms with van der Waals surface area (Å²) < 4.78 is 39.2. The van der Waals surface area contributed by atoms with E-state index in [1.807, 2.05) is 13.8 Å². The molecule has 0 saturated heterocycles. The monoisotopic (exact) mass is 350 g/mol. The summed E-state index contributed by atoms with van der Waals surface area (Å²) in [5, 5.41) is 0. The van der Waals surface area contributed by atoms with Gasteiger partial charge in [-0.2, -0.15) is 0 Å². The molecule has 1 aromatic carbocycles. The van der Waals surface area contributed by atoms with Crippen LogP contribution in [0.15, 0.2) is 30.3 Å². The number of sulfonamides is 1. The van der Waals surface area contributed by atoms with Gasteiger partial charge in [-0.15, -0.1) is 0 Å². The summed E-state index contributed by atoms with van der Waals surface area (Å²) in [4.78, 5) is 15.9. The van der Waals surface area contributed by atoms with Crippen LogP contribution >= 0.6 is 0 Å². The van der Waals surface area contributed by atoms with Crippen molar-refractivity contribution in [3.8, 4) is 11.1 Å². The maximum Gasteiger partial charge on any atom is 0.233 e. The van der Waals surface area contributed by atoms with Crippen molar-refractivity contribution in [1.29, 1.82) is 0 Å². The zero-order valence-corrected chi connectivity index (χ0v) is 14.5. The van der Waals surface area contributed by atoms with E-state index in [1.54, 1.807) is 12.1 Å². The Hall–Kier alpha value is -2.28. The molecule has 0 saturated carbocycles. The molecule has 0 spiro atoms. The fourth-order valence-corrected chi connectivity index (χ4v) is 2.86. The van der Waals surface area contributed by atoms with Crippen molar-refractivity contribution in [3.05, 3.63) is 47.4 Å². The fraction of sp³-hybridized carbons (Fsp3) is 0.294. The molecular formula is C17H19FN2O3S. The Balaban J connectivity index is 2.68. The van der Waals surface area contributed by atoms with E-state index in [-0.39, 0.29) is 17.5 Å². The molecule has 2 rings (SSSR count). The van der Waals surface area contributed by atoms with E-state index in [4.69, 9.17) is 0 Å². The first-order chi connectivity index (χ1) is 11.3.